The molecule has 0 bridgehead atoms. The van der Waals surface area contributed by atoms with Gasteiger partial charge in [0.1, 0.15) is 5.75 Å². The fraction of sp³-hybridized carbons (Fsp3) is 0.455. The Morgan fingerprint density at radius 1 is 1.50 bits per heavy atom. The van der Waals surface area contributed by atoms with Gasteiger partial charge in [0.2, 0.25) is 0 Å². The van der Waals surface area contributed by atoms with Crippen molar-refractivity contribution in [3.8, 4) is 5.75 Å². The number of hydrogen-bond donors (Lipinski definition) is 2. The van der Waals surface area contributed by atoms with Gasteiger partial charge in [0, 0.05) is 6.04 Å². The molecule has 0 fully saturated rings. The average molecular weight is 195 g/mol. The van der Waals surface area contributed by atoms with Gasteiger partial charge in [-0.1, -0.05) is 13.0 Å². The van der Waals surface area contributed by atoms with E-state index in [4.69, 9.17) is 15.6 Å². The van der Waals surface area contributed by atoms with Crippen molar-refractivity contribution in [2.24, 2.45) is 5.73 Å². The standard InChI is InChI=1S/C11H17NO2/c1-3-11(12)10-6-9(14-2)5-4-8(10)7-13/h4-6,11,13H,3,7,12H2,1-2H3/t11-/m1/s1. The van der Waals surface area contributed by atoms with Crippen LogP contribution in [0.2, 0.25) is 0 Å². The largest absolute Gasteiger partial charge is 0.497 e. The molecule has 0 aliphatic heterocycles. The second-order valence-electron chi connectivity index (χ2n) is 3.24. The monoisotopic (exact) mass is 195 g/mol. The van der Waals surface area contributed by atoms with Gasteiger partial charge in [0.05, 0.1) is 13.7 Å². The Labute approximate surface area is 84.5 Å². The van der Waals surface area contributed by atoms with Crippen LogP contribution in [0.5, 0.6) is 5.75 Å². The van der Waals surface area contributed by atoms with Crippen molar-refractivity contribution in [1.82, 2.24) is 0 Å². The van der Waals surface area contributed by atoms with Crippen molar-refractivity contribution in [3.05, 3.63) is 29.3 Å². The molecular weight excluding hydrogens is 178 g/mol. The van der Waals surface area contributed by atoms with Crippen molar-refractivity contribution in [2.45, 2.75) is 26.0 Å². The molecule has 1 aromatic rings. The molecule has 0 aliphatic rings. The maximum atomic E-state index is 9.13. The lowest BCUT2D eigenvalue weighted by Crippen LogP contribution is -2.11. The molecule has 0 radical (unpaired) electrons. The third kappa shape index (κ3) is 2.25. The van der Waals surface area contributed by atoms with Crippen LogP contribution in [0.25, 0.3) is 0 Å². The second-order valence-corrected chi connectivity index (χ2v) is 3.24. The number of aliphatic hydroxyl groups excluding tert-OH is 1. The molecule has 0 unspecified atom stereocenters. The van der Waals surface area contributed by atoms with E-state index < -0.39 is 0 Å². The summed E-state index contributed by atoms with van der Waals surface area (Å²) in [6.45, 7) is 2.04. The lowest BCUT2D eigenvalue weighted by atomic mass is 9.99. The molecule has 78 valence electrons. The lowest BCUT2D eigenvalue weighted by Gasteiger charge is -2.14. The fourth-order valence-electron chi connectivity index (χ4n) is 1.41. The minimum absolute atomic E-state index is 0.0209. The molecule has 0 amide bonds. The maximum Gasteiger partial charge on any atom is 0.119 e. The number of methoxy groups -OCH3 is 1. The molecule has 3 heteroatoms. The third-order valence-electron chi connectivity index (χ3n) is 2.36. The number of benzene rings is 1. The van der Waals surface area contributed by atoms with E-state index in [1.807, 2.05) is 25.1 Å². The number of hydrogen-bond acceptors (Lipinski definition) is 3. The predicted octanol–water partition coefficient (Wildman–Crippen LogP) is 1.60. The van der Waals surface area contributed by atoms with Crippen molar-refractivity contribution in [1.29, 1.82) is 0 Å². The first-order valence-electron chi connectivity index (χ1n) is 4.76. The van der Waals surface area contributed by atoms with Gasteiger partial charge in [-0.05, 0) is 29.7 Å². The molecule has 0 saturated heterocycles. The van der Waals surface area contributed by atoms with Crippen LogP contribution in [-0.2, 0) is 6.61 Å². The SMILES string of the molecule is CC[C@@H](N)c1cc(OC)ccc1CO. The van der Waals surface area contributed by atoms with E-state index in [0.29, 0.717) is 0 Å². The molecule has 3 N–H and O–H groups in total. The Hall–Kier alpha value is -1.06. The predicted molar refractivity (Wildman–Crippen MR) is 56.1 cm³/mol. The van der Waals surface area contributed by atoms with Crippen LogP contribution in [-0.4, -0.2) is 12.2 Å². The van der Waals surface area contributed by atoms with Crippen molar-refractivity contribution < 1.29 is 9.84 Å². The Morgan fingerprint density at radius 3 is 2.71 bits per heavy atom. The van der Waals surface area contributed by atoms with Crippen LogP contribution in [0, 0.1) is 0 Å². The highest BCUT2D eigenvalue weighted by atomic mass is 16.5. The average Bonchev–Trinajstić information content (AvgIpc) is 2.27. The summed E-state index contributed by atoms with van der Waals surface area (Å²) >= 11 is 0. The van der Waals surface area contributed by atoms with E-state index in [1.165, 1.54) is 0 Å². The molecule has 0 spiro atoms. The minimum Gasteiger partial charge on any atom is -0.497 e. The smallest absolute Gasteiger partial charge is 0.119 e. The van der Waals surface area contributed by atoms with Crippen LogP contribution in [0.4, 0.5) is 0 Å². The van der Waals surface area contributed by atoms with Gasteiger partial charge in [-0.2, -0.15) is 0 Å². The topological polar surface area (TPSA) is 55.5 Å². The Bertz CT molecular complexity index is 299. The van der Waals surface area contributed by atoms with Gasteiger partial charge >= 0.3 is 0 Å². The van der Waals surface area contributed by atoms with Gasteiger partial charge in [-0.3, -0.25) is 0 Å². The number of nitrogens with two attached hydrogens (primary N) is 1. The summed E-state index contributed by atoms with van der Waals surface area (Å²) in [7, 11) is 1.62. The van der Waals surface area contributed by atoms with Gasteiger partial charge in [0.25, 0.3) is 0 Å². The first-order valence-corrected chi connectivity index (χ1v) is 4.76. The van der Waals surface area contributed by atoms with Crippen molar-refractivity contribution in [2.75, 3.05) is 7.11 Å². The molecule has 1 aromatic carbocycles. The van der Waals surface area contributed by atoms with Crippen LogP contribution in [0.1, 0.15) is 30.5 Å². The summed E-state index contributed by atoms with van der Waals surface area (Å²) < 4.78 is 5.11. The van der Waals surface area contributed by atoms with Gasteiger partial charge < -0.3 is 15.6 Å². The summed E-state index contributed by atoms with van der Waals surface area (Å²) in [6, 6.07) is 5.54. The lowest BCUT2D eigenvalue weighted by molar-refractivity contribution is 0.279. The maximum absolute atomic E-state index is 9.13. The van der Waals surface area contributed by atoms with Crippen molar-refractivity contribution >= 4 is 0 Å². The molecule has 3 nitrogen and oxygen atoms in total. The van der Waals surface area contributed by atoms with Gasteiger partial charge in [0.15, 0.2) is 0 Å². The van der Waals surface area contributed by atoms with Gasteiger partial charge in [-0.25, -0.2) is 0 Å². The molecular formula is C11H17NO2. The molecule has 0 aliphatic carbocycles. The van der Waals surface area contributed by atoms with E-state index in [2.05, 4.69) is 0 Å². The minimum atomic E-state index is -0.0350. The summed E-state index contributed by atoms with van der Waals surface area (Å²) in [5, 5.41) is 9.13. The third-order valence-corrected chi connectivity index (χ3v) is 2.36. The Balaban J connectivity index is 3.08. The van der Waals surface area contributed by atoms with E-state index in [0.717, 1.165) is 23.3 Å². The van der Waals surface area contributed by atoms with Crippen LogP contribution >= 0.6 is 0 Å². The van der Waals surface area contributed by atoms with E-state index in [-0.39, 0.29) is 12.6 Å². The highest BCUT2D eigenvalue weighted by Crippen LogP contribution is 2.24. The summed E-state index contributed by atoms with van der Waals surface area (Å²) in [5.74, 6) is 0.779. The second kappa shape index (κ2) is 4.98. The zero-order valence-corrected chi connectivity index (χ0v) is 8.66. The first-order chi connectivity index (χ1) is 6.72. The Kier molecular flexibility index (Phi) is 3.92. The highest BCUT2D eigenvalue weighted by Gasteiger charge is 2.09. The van der Waals surface area contributed by atoms with Crippen LogP contribution < -0.4 is 10.5 Å². The molecule has 0 aromatic heterocycles. The molecule has 0 heterocycles. The summed E-state index contributed by atoms with van der Waals surface area (Å²) in [5.41, 5.74) is 7.77. The van der Waals surface area contributed by atoms with Crippen LogP contribution in [0.3, 0.4) is 0 Å². The zero-order chi connectivity index (χ0) is 10.6. The van der Waals surface area contributed by atoms with Gasteiger partial charge in [-0.15, -0.1) is 0 Å². The molecule has 1 rings (SSSR count). The summed E-state index contributed by atoms with van der Waals surface area (Å²) in [6.07, 6.45) is 0.847. The van der Waals surface area contributed by atoms with E-state index >= 15 is 0 Å². The summed E-state index contributed by atoms with van der Waals surface area (Å²) in [4.78, 5) is 0. The quantitative estimate of drug-likeness (QED) is 0.767. The van der Waals surface area contributed by atoms with Crippen molar-refractivity contribution in [3.63, 3.8) is 0 Å². The Morgan fingerprint density at radius 2 is 2.21 bits per heavy atom. The first kappa shape index (κ1) is 11.0. The molecule has 0 saturated carbocycles. The number of ether oxygens (including phenoxy) is 1. The molecule has 1 atom stereocenters. The van der Waals surface area contributed by atoms with Crippen LogP contribution in [0.15, 0.2) is 18.2 Å². The van der Waals surface area contributed by atoms with E-state index in [9.17, 15) is 0 Å². The fourth-order valence-corrected chi connectivity index (χ4v) is 1.41. The number of aliphatic hydroxyl groups is 1. The normalized spacial score (nSPS) is 12.6. The van der Waals surface area contributed by atoms with E-state index in [1.54, 1.807) is 7.11 Å². The highest BCUT2D eigenvalue weighted by molar-refractivity contribution is 5.37. The molecule has 14 heavy (non-hydrogen) atoms. The zero-order valence-electron chi connectivity index (χ0n) is 8.66. The number of rotatable bonds is 4.